The smallest absolute Gasteiger partial charge is 0.127 e. The first-order valence-electron chi connectivity index (χ1n) is 7.23. The van der Waals surface area contributed by atoms with E-state index in [1.807, 2.05) is 12.1 Å². The molecule has 1 aromatic carbocycles. The Morgan fingerprint density at radius 2 is 2.15 bits per heavy atom. The molecular weight excluding hydrogens is 321 g/mol. The first kappa shape index (κ1) is 17.6. The molecule has 0 bridgehead atoms. The summed E-state index contributed by atoms with van der Waals surface area (Å²) in [5.41, 5.74) is 0.770. The zero-order valence-corrected chi connectivity index (χ0v) is 14.2. The van der Waals surface area contributed by atoms with Crippen LogP contribution in [0.5, 0.6) is 0 Å². The molecule has 2 unspecified atom stereocenters. The molecule has 0 radical (unpaired) electrons. The Kier molecular flexibility index (Phi) is 8.34. The van der Waals surface area contributed by atoms with E-state index in [2.05, 4.69) is 35.1 Å². The van der Waals surface area contributed by atoms with Crippen LogP contribution in [0.25, 0.3) is 0 Å². The Morgan fingerprint density at radius 1 is 1.40 bits per heavy atom. The Labute approximate surface area is 130 Å². The Bertz CT molecular complexity index is 400. The van der Waals surface area contributed by atoms with Gasteiger partial charge in [0.2, 0.25) is 0 Å². The fourth-order valence-electron chi connectivity index (χ4n) is 2.38. The quantitative estimate of drug-likeness (QED) is 0.725. The number of hydrogen-bond acceptors (Lipinski definition) is 2. The van der Waals surface area contributed by atoms with Gasteiger partial charge in [-0.25, -0.2) is 4.39 Å². The largest absolute Gasteiger partial charge is 0.384 e. The average Bonchev–Trinajstić information content (AvgIpc) is 2.39. The van der Waals surface area contributed by atoms with Crippen LogP contribution in [0.15, 0.2) is 22.7 Å². The van der Waals surface area contributed by atoms with Gasteiger partial charge in [-0.3, -0.25) is 0 Å². The molecule has 0 fully saturated rings. The molecule has 0 amide bonds. The molecular formula is C16H25BrFNO. The minimum atomic E-state index is -0.137. The van der Waals surface area contributed by atoms with Crippen molar-refractivity contribution in [2.45, 2.75) is 39.2 Å². The van der Waals surface area contributed by atoms with Crippen molar-refractivity contribution in [1.82, 2.24) is 5.32 Å². The van der Waals surface area contributed by atoms with E-state index in [0.717, 1.165) is 36.0 Å². The number of hydrogen-bond donors (Lipinski definition) is 1. The van der Waals surface area contributed by atoms with Gasteiger partial charge >= 0.3 is 0 Å². The predicted octanol–water partition coefficient (Wildman–Crippen LogP) is 4.17. The van der Waals surface area contributed by atoms with Crippen molar-refractivity contribution in [1.29, 1.82) is 0 Å². The van der Waals surface area contributed by atoms with Crippen LogP contribution in [0.4, 0.5) is 4.39 Å². The van der Waals surface area contributed by atoms with Crippen LogP contribution in [-0.2, 0) is 11.2 Å². The lowest BCUT2D eigenvalue weighted by Gasteiger charge is -2.22. The van der Waals surface area contributed by atoms with Gasteiger partial charge in [0.05, 0.1) is 0 Å². The van der Waals surface area contributed by atoms with Gasteiger partial charge in [0.15, 0.2) is 0 Å². The molecule has 1 aromatic rings. The molecule has 114 valence electrons. The van der Waals surface area contributed by atoms with E-state index in [9.17, 15) is 4.39 Å². The topological polar surface area (TPSA) is 21.3 Å². The monoisotopic (exact) mass is 345 g/mol. The van der Waals surface area contributed by atoms with Crippen LogP contribution in [0.3, 0.4) is 0 Å². The molecule has 2 atom stereocenters. The molecule has 4 heteroatoms. The predicted molar refractivity (Wildman–Crippen MR) is 85.5 cm³/mol. The SMILES string of the molecule is CCCNC(Cc1ccc(Br)cc1F)CC(C)COC. The molecule has 0 heterocycles. The second kappa shape index (κ2) is 9.48. The van der Waals surface area contributed by atoms with Crippen LogP contribution in [0, 0.1) is 11.7 Å². The Morgan fingerprint density at radius 3 is 2.75 bits per heavy atom. The van der Waals surface area contributed by atoms with Gasteiger partial charge in [-0.15, -0.1) is 0 Å². The van der Waals surface area contributed by atoms with E-state index in [1.54, 1.807) is 7.11 Å². The fraction of sp³-hybridized carbons (Fsp3) is 0.625. The second-order valence-electron chi connectivity index (χ2n) is 5.39. The van der Waals surface area contributed by atoms with Gasteiger partial charge in [0.1, 0.15) is 5.82 Å². The van der Waals surface area contributed by atoms with Crippen LogP contribution in [0.2, 0.25) is 0 Å². The highest BCUT2D eigenvalue weighted by Gasteiger charge is 2.15. The van der Waals surface area contributed by atoms with Gasteiger partial charge in [0.25, 0.3) is 0 Å². The summed E-state index contributed by atoms with van der Waals surface area (Å²) < 4.78 is 19.9. The molecule has 1 N–H and O–H groups in total. The van der Waals surface area contributed by atoms with E-state index >= 15 is 0 Å². The van der Waals surface area contributed by atoms with Crippen LogP contribution in [0.1, 0.15) is 32.3 Å². The molecule has 0 aliphatic carbocycles. The maximum absolute atomic E-state index is 13.9. The lowest BCUT2D eigenvalue weighted by atomic mass is 9.96. The summed E-state index contributed by atoms with van der Waals surface area (Å²) in [5.74, 6) is 0.329. The zero-order valence-electron chi connectivity index (χ0n) is 12.6. The third-order valence-corrected chi connectivity index (χ3v) is 3.80. The molecule has 0 aromatic heterocycles. The highest BCUT2D eigenvalue weighted by molar-refractivity contribution is 9.10. The van der Waals surface area contributed by atoms with E-state index in [-0.39, 0.29) is 11.9 Å². The van der Waals surface area contributed by atoms with Gasteiger partial charge in [-0.2, -0.15) is 0 Å². The van der Waals surface area contributed by atoms with Gasteiger partial charge in [-0.1, -0.05) is 35.8 Å². The normalized spacial score (nSPS) is 14.2. The van der Waals surface area contributed by atoms with E-state index in [0.29, 0.717) is 12.3 Å². The van der Waals surface area contributed by atoms with Crippen LogP contribution < -0.4 is 5.32 Å². The third-order valence-electron chi connectivity index (χ3n) is 3.30. The lowest BCUT2D eigenvalue weighted by molar-refractivity contribution is 0.149. The van der Waals surface area contributed by atoms with E-state index < -0.39 is 0 Å². The van der Waals surface area contributed by atoms with Crippen molar-refractivity contribution in [3.8, 4) is 0 Å². The van der Waals surface area contributed by atoms with Crippen molar-refractivity contribution in [3.63, 3.8) is 0 Å². The number of nitrogens with one attached hydrogen (secondary N) is 1. The first-order chi connectivity index (χ1) is 9.56. The van der Waals surface area contributed by atoms with Gasteiger partial charge < -0.3 is 10.1 Å². The van der Waals surface area contributed by atoms with Crippen LogP contribution >= 0.6 is 15.9 Å². The fourth-order valence-corrected chi connectivity index (χ4v) is 2.71. The highest BCUT2D eigenvalue weighted by atomic mass is 79.9. The van der Waals surface area contributed by atoms with Crippen molar-refractivity contribution in [2.75, 3.05) is 20.3 Å². The average molecular weight is 346 g/mol. The summed E-state index contributed by atoms with van der Waals surface area (Å²) in [6.07, 6.45) is 2.79. The van der Waals surface area contributed by atoms with E-state index in [1.165, 1.54) is 6.07 Å². The molecule has 20 heavy (non-hydrogen) atoms. The maximum atomic E-state index is 13.9. The molecule has 2 nitrogen and oxygen atoms in total. The number of methoxy groups -OCH3 is 1. The summed E-state index contributed by atoms with van der Waals surface area (Å²) >= 11 is 3.29. The van der Waals surface area contributed by atoms with Gasteiger partial charge in [-0.05, 0) is 49.4 Å². The molecule has 0 saturated heterocycles. The lowest BCUT2D eigenvalue weighted by Crippen LogP contribution is -2.34. The first-order valence-corrected chi connectivity index (χ1v) is 8.02. The summed E-state index contributed by atoms with van der Waals surface area (Å²) in [4.78, 5) is 0. The Hall–Kier alpha value is -0.450. The number of halogens is 2. The Balaban J connectivity index is 2.67. The van der Waals surface area contributed by atoms with Crippen molar-refractivity contribution in [3.05, 3.63) is 34.1 Å². The minimum absolute atomic E-state index is 0.137. The second-order valence-corrected chi connectivity index (χ2v) is 6.30. The standard InChI is InChI=1S/C16H25BrFNO/c1-4-7-19-15(8-12(2)11-20-3)9-13-5-6-14(17)10-16(13)18/h5-6,10,12,15,19H,4,7-9,11H2,1-3H3. The number of rotatable bonds is 9. The number of ether oxygens (including phenoxy) is 1. The molecule has 0 aliphatic heterocycles. The molecule has 1 rings (SSSR count). The maximum Gasteiger partial charge on any atom is 0.127 e. The highest BCUT2D eigenvalue weighted by Crippen LogP contribution is 2.18. The zero-order chi connectivity index (χ0) is 15.0. The summed E-state index contributed by atoms with van der Waals surface area (Å²) in [6, 6.07) is 5.58. The van der Waals surface area contributed by atoms with Crippen LogP contribution in [-0.4, -0.2) is 26.3 Å². The minimum Gasteiger partial charge on any atom is -0.384 e. The van der Waals surface area contributed by atoms with Crippen molar-refractivity contribution >= 4 is 15.9 Å². The summed E-state index contributed by atoms with van der Waals surface area (Å²) in [6.45, 7) is 6.01. The molecule has 0 saturated carbocycles. The summed E-state index contributed by atoms with van der Waals surface area (Å²) in [7, 11) is 1.72. The van der Waals surface area contributed by atoms with Crippen molar-refractivity contribution < 1.29 is 9.13 Å². The third kappa shape index (κ3) is 6.33. The van der Waals surface area contributed by atoms with E-state index in [4.69, 9.17) is 4.74 Å². The molecule has 0 aliphatic rings. The number of benzene rings is 1. The summed E-state index contributed by atoms with van der Waals surface area (Å²) in [5, 5.41) is 3.52. The van der Waals surface area contributed by atoms with Gasteiger partial charge in [0, 0.05) is 24.2 Å². The van der Waals surface area contributed by atoms with Crippen molar-refractivity contribution in [2.24, 2.45) is 5.92 Å². The molecule has 0 spiro atoms.